The lowest BCUT2D eigenvalue weighted by molar-refractivity contribution is 0.742. The number of aryl methyl sites for hydroxylation is 1. The number of hydrogen-bond donors (Lipinski definition) is 3. The molecule has 0 aliphatic heterocycles. The maximum Gasteiger partial charge on any atom is 0.145 e. The van der Waals surface area contributed by atoms with Crippen LogP contribution in [0.5, 0.6) is 0 Å². The minimum absolute atomic E-state index is 0.584. The largest absolute Gasteiger partial charge is 0.370 e. The van der Waals surface area contributed by atoms with Gasteiger partial charge in [-0.25, -0.2) is 15.8 Å². The highest BCUT2D eigenvalue weighted by Gasteiger charge is 1.99. The number of anilines is 2. The van der Waals surface area contributed by atoms with Gasteiger partial charge in [0, 0.05) is 32.3 Å². The first-order valence-electron chi connectivity index (χ1n) is 5.29. The highest BCUT2D eigenvalue weighted by atomic mass is 15.3. The van der Waals surface area contributed by atoms with E-state index in [2.05, 4.69) is 25.8 Å². The van der Waals surface area contributed by atoms with Crippen LogP contribution in [0.3, 0.4) is 0 Å². The molecule has 2 rings (SSSR count). The average molecular weight is 233 g/mol. The molecular formula is C10H15N7. The van der Waals surface area contributed by atoms with E-state index in [9.17, 15) is 0 Å². The molecule has 0 saturated carbocycles. The third-order valence-corrected chi connectivity index (χ3v) is 2.27. The predicted octanol–water partition coefficient (Wildman–Crippen LogP) is 0.150. The molecule has 4 N–H and O–H groups in total. The second-order valence-corrected chi connectivity index (χ2v) is 3.59. The maximum atomic E-state index is 5.26. The van der Waals surface area contributed by atoms with Crippen LogP contribution in [0.2, 0.25) is 0 Å². The third-order valence-electron chi connectivity index (χ3n) is 2.27. The van der Waals surface area contributed by atoms with Crippen LogP contribution >= 0.6 is 0 Å². The fraction of sp³-hybridized carbons (Fsp3) is 0.300. The summed E-state index contributed by atoms with van der Waals surface area (Å²) in [4.78, 5) is 8.00. The van der Waals surface area contributed by atoms with Crippen LogP contribution < -0.4 is 16.6 Å². The molecule has 7 heteroatoms. The number of nitrogens with one attached hydrogen (secondary N) is 2. The van der Waals surface area contributed by atoms with E-state index in [1.54, 1.807) is 10.7 Å². The lowest BCUT2D eigenvalue weighted by Crippen LogP contribution is -2.11. The van der Waals surface area contributed by atoms with Crippen LogP contribution in [-0.2, 0) is 13.5 Å². The number of nitrogens with zero attached hydrogens (tertiary/aromatic N) is 4. The molecule has 0 fully saturated rings. The molecule has 2 heterocycles. The molecule has 0 amide bonds. The Morgan fingerprint density at radius 1 is 1.35 bits per heavy atom. The molecular weight excluding hydrogens is 218 g/mol. The highest BCUT2D eigenvalue weighted by molar-refractivity contribution is 5.45. The molecule has 90 valence electrons. The topological polar surface area (TPSA) is 93.7 Å². The van der Waals surface area contributed by atoms with E-state index in [4.69, 9.17) is 5.84 Å². The summed E-state index contributed by atoms with van der Waals surface area (Å²) in [6, 6.07) is 3.74. The normalized spacial score (nSPS) is 10.2. The van der Waals surface area contributed by atoms with Gasteiger partial charge in [0.25, 0.3) is 0 Å². The van der Waals surface area contributed by atoms with Gasteiger partial charge in [0.1, 0.15) is 18.0 Å². The van der Waals surface area contributed by atoms with Crippen molar-refractivity contribution in [2.24, 2.45) is 12.9 Å². The summed E-state index contributed by atoms with van der Waals surface area (Å²) in [5.74, 6) is 6.58. The first-order chi connectivity index (χ1) is 8.28. The van der Waals surface area contributed by atoms with E-state index in [1.807, 2.05) is 19.3 Å². The Labute approximate surface area is 99.0 Å². The number of aromatic nitrogens is 4. The molecule has 0 aliphatic carbocycles. The molecule has 17 heavy (non-hydrogen) atoms. The smallest absolute Gasteiger partial charge is 0.145 e. The lowest BCUT2D eigenvalue weighted by atomic mass is 10.3. The zero-order valence-corrected chi connectivity index (χ0v) is 9.59. The van der Waals surface area contributed by atoms with Crippen molar-refractivity contribution >= 4 is 11.6 Å². The van der Waals surface area contributed by atoms with E-state index in [1.165, 1.54) is 6.33 Å². The maximum absolute atomic E-state index is 5.26. The molecule has 0 aromatic carbocycles. The van der Waals surface area contributed by atoms with Crippen molar-refractivity contribution in [1.29, 1.82) is 0 Å². The Morgan fingerprint density at radius 3 is 2.88 bits per heavy atom. The van der Waals surface area contributed by atoms with Crippen LogP contribution in [0.15, 0.2) is 24.7 Å². The van der Waals surface area contributed by atoms with Crippen LogP contribution in [0.1, 0.15) is 5.69 Å². The number of rotatable bonds is 5. The van der Waals surface area contributed by atoms with E-state index in [0.29, 0.717) is 5.82 Å². The van der Waals surface area contributed by atoms with E-state index < -0.39 is 0 Å². The average Bonchev–Trinajstić information content (AvgIpc) is 2.75. The summed E-state index contributed by atoms with van der Waals surface area (Å²) in [7, 11) is 1.90. The fourth-order valence-electron chi connectivity index (χ4n) is 1.45. The van der Waals surface area contributed by atoms with Crippen LogP contribution in [0.4, 0.5) is 11.6 Å². The van der Waals surface area contributed by atoms with Crippen molar-refractivity contribution in [3.63, 3.8) is 0 Å². The van der Waals surface area contributed by atoms with Gasteiger partial charge in [0.05, 0.1) is 5.69 Å². The number of nitrogens with two attached hydrogens (primary N) is 1. The molecule has 0 atom stereocenters. The lowest BCUT2D eigenvalue weighted by Gasteiger charge is -2.05. The summed E-state index contributed by atoms with van der Waals surface area (Å²) in [5, 5.41) is 7.47. The molecule has 0 bridgehead atoms. The Bertz CT molecular complexity index is 479. The molecule has 0 spiro atoms. The van der Waals surface area contributed by atoms with Gasteiger partial charge in [-0.3, -0.25) is 4.68 Å². The van der Waals surface area contributed by atoms with Crippen molar-refractivity contribution < 1.29 is 0 Å². The molecule has 0 saturated heterocycles. The first-order valence-corrected chi connectivity index (χ1v) is 5.29. The van der Waals surface area contributed by atoms with Gasteiger partial charge in [-0.15, -0.1) is 0 Å². The molecule has 2 aromatic rings. The van der Waals surface area contributed by atoms with E-state index >= 15 is 0 Å². The van der Waals surface area contributed by atoms with Crippen molar-refractivity contribution in [3.05, 3.63) is 30.4 Å². The summed E-state index contributed by atoms with van der Waals surface area (Å²) >= 11 is 0. The minimum Gasteiger partial charge on any atom is -0.370 e. The second kappa shape index (κ2) is 5.26. The molecule has 7 nitrogen and oxygen atoms in total. The Kier molecular flexibility index (Phi) is 3.51. The van der Waals surface area contributed by atoms with Crippen molar-refractivity contribution in [2.75, 3.05) is 17.3 Å². The Morgan fingerprint density at radius 2 is 2.18 bits per heavy atom. The standard InChI is InChI=1S/C10H15N7/c1-17-5-3-8(16-17)2-4-12-9-6-10(15-11)14-7-13-9/h3,5-7H,2,4,11H2,1H3,(H2,12,13,14,15). The Hall–Kier alpha value is -2.15. The minimum atomic E-state index is 0.584. The number of nitrogen functional groups attached to an aromatic ring is 1. The highest BCUT2D eigenvalue weighted by Crippen LogP contribution is 2.07. The van der Waals surface area contributed by atoms with Gasteiger partial charge in [-0.2, -0.15) is 5.10 Å². The molecule has 0 radical (unpaired) electrons. The monoisotopic (exact) mass is 233 g/mol. The molecule has 2 aromatic heterocycles. The number of hydrazine groups is 1. The van der Waals surface area contributed by atoms with Gasteiger partial charge >= 0.3 is 0 Å². The van der Waals surface area contributed by atoms with Crippen molar-refractivity contribution in [3.8, 4) is 0 Å². The van der Waals surface area contributed by atoms with E-state index in [-0.39, 0.29) is 0 Å². The third kappa shape index (κ3) is 3.15. The summed E-state index contributed by atoms with van der Waals surface area (Å²) in [5.41, 5.74) is 3.52. The van der Waals surface area contributed by atoms with Gasteiger partial charge in [-0.1, -0.05) is 0 Å². The fourth-order valence-corrected chi connectivity index (χ4v) is 1.45. The van der Waals surface area contributed by atoms with Crippen LogP contribution in [0.25, 0.3) is 0 Å². The van der Waals surface area contributed by atoms with Crippen LogP contribution in [-0.4, -0.2) is 26.3 Å². The van der Waals surface area contributed by atoms with E-state index in [0.717, 1.165) is 24.5 Å². The van der Waals surface area contributed by atoms with Crippen molar-refractivity contribution in [1.82, 2.24) is 19.7 Å². The first kappa shape index (κ1) is 11.3. The molecule has 0 aliphatic rings. The Balaban J connectivity index is 1.85. The molecule has 0 unspecified atom stereocenters. The predicted molar refractivity (Wildman–Crippen MR) is 65.2 cm³/mol. The van der Waals surface area contributed by atoms with Gasteiger partial charge in [-0.05, 0) is 6.07 Å². The van der Waals surface area contributed by atoms with Crippen molar-refractivity contribution in [2.45, 2.75) is 6.42 Å². The SMILES string of the molecule is Cn1ccc(CCNc2cc(NN)ncn2)n1. The summed E-state index contributed by atoms with van der Waals surface area (Å²) in [6.07, 6.45) is 4.23. The van der Waals surface area contributed by atoms with Gasteiger partial charge in [0.15, 0.2) is 0 Å². The second-order valence-electron chi connectivity index (χ2n) is 3.59. The van der Waals surface area contributed by atoms with Crippen LogP contribution in [0, 0.1) is 0 Å². The summed E-state index contributed by atoms with van der Waals surface area (Å²) in [6.45, 7) is 0.762. The quantitative estimate of drug-likeness (QED) is 0.503. The zero-order chi connectivity index (χ0) is 12.1. The zero-order valence-electron chi connectivity index (χ0n) is 9.59. The van der Waals surface area contributed by atoms with Gasteiger partial charge < -0.3 is 10.7 Å². The van der Waals surface area contributed by atoms with Gasteiger partial charge in [0.2, 0.25) is 0 Å². The summed E-state index contributed by atoms with van der Waals surface area (Å²) < 4.78 is 1.79. The number of hydrogen-bond acceptors (Lipinski definition) is 6.